The molecular weight excluding hydrogens is 200 g/mol. The molecule has 1 heterocycles. The molecule has 0 saturated heterocycles. The molecule has 1 aromatic carbocycles. The lowest BCUT2D eigenvalue weighted by atomic mass is 10.2. The predicted molar refractivity (Wildman–Crippen MR) is 57.7 cm³/mol. The van der Waals surface area contributed by atoms with Crippen LogP contribution >= 0.6 is 11.6 Å². The van der Waals surface area contributed by atoms with Crippen molar-refractivity contribution in [1.82, 2.24) is 4.98 Å². The number of pyridine rings is 1. The Morgan fingerprint density at radius 1 is 1.36 bits per heavy atom. The average Bonchev–Trinajstić information content (AvgIpc) is 2.17. The SMILES string of the molecule is COc1ccc2nc(Cl)cc(N)c2c1. The zero-order chi connectivity index (χ0) is 10.1. The monoisotopic (exact) mass is 208 g/mol. The van der Waals surface area contributed by atoms with Gasteiger partial charge in [-0.2, -0.15) is 0 Å². The molecule has 3 nitrogen and oxygen atoms in total. The number of methoxy groups -OCH3 is 1. The van der Waals surface area contributed by atoms with E-state index in [1.165, 1.54) is 0 Å². The van der Waals surface area contributed by atoms with E-state index in [1.54, 1.807) is 13.2 Å². The first-order valence-corrected chi connectivity index (χ1v) is 4.48. The van der Waals surface area contributed by atoms with Crippen LogP contribution in [-0.2, 0) is 0 Å². The molecule has 2 rings (SSSR count). The Bertz CT molecular complexity index is 485. The van der Waals surface area contributed by atoms with Crippen LogP contribution in [0.3, 0.4) is 0 Å². The number of fused-ring (bicyclic) bond motifs is 1. The van der Waals surface area contributed by atoms with Crippen LogP contribution in [0.1, 0.15) is 0 Å². The molecule has 0 spiro atoms. The smallest absolute Gasteiger partial charge is 0.131 e. The Balaban J connectivity index is 2.75. The lowest BCUT2D eigenvalue weighted by molar-refractivity contribution is 0.415. The normalized spacial score (nSPS) is 10.4. The summed E-state index contributed by atoms with van der Waals surface area (Å²) in [5, 5.41) is 1.26. The fourth-order valence-corrected chi connectivity index (χ4v) is 1.53. The molecular formula is C10H9ClN2O. The van der Waals surface area contributed by atoms with Crippen molar-refractivity contribution in [3.05, 3.63) is 29.4 Å². The van der Waals surface area contributed by atoms with Crippen LogP contribution in [0, 0.1) is 0 Å². The van der Waals surface area contributed by atoms with E-state index >= 15 is 0 Å². The van der Waals surface area contributed by atoms with E-state index in [-0.39, 0.29) is 0 Å². The summed E-state index contributed by atoms with van der Waals surface area (Å²) in [6.07, 6.45) is 0. The zero-order valence-electron chi connectivity index (χ0n) is 7.62. The van der Waals surface area contributed by atoms with Crippen molar-refractivity contribution in [3.63, 3.8) is 0 Å². The van der Waals surface area contributed by atoms with Crippen molar-refractivity contribution in [1.29, 1.82) is 0 Å². The second-order valence-electron chi connectivity index (χ2n) is 2.92. The van der Waals surface area contributed by atoms with Gasteiger partial charge in [-0.1, -0.05) is 11.6 Å². The summed E-state index contributed by atoms with van der Waals surface area (Å²) in [6.45, 7) is 0. The van der Waals surface area contributed by atoms with Gasteiger partial charge in [0.15, 0.2) is 0 Å². The Hall–Kier alpha value is -1.48. The number of anilines is 1. The zero-order valence-corrected chi connectivity index (χ0v) is 8.38. The largest absolute Gasteiger partial charge is 0.497 e. The topological polar surface area (TPSA) is 48.1 Å². The number of nitrogens with two attached hydrogens (primary N) is 1. The van der Waals surface area contributed by atoms with Gasteiger partial charge in [-0.25, -0.2) is 4.98 Å². The lowest BCUT2D eigenvalue weighted by Crippen LogP contribution is -1.91. The number of hydrogen-bond acceptors (Lipinski definition) is 3. The maximum atomic E-state index is 5.80. The fraction of sp³-hybridized carbons (Fsp3) is 0.100. The van der Waals surface area contributed by atoms with Gasteiger partial charge in [-0.05, 0) is 24.3 Å². The molecule has 0 aliphatic carbocycles. The van der Waals surface area contributed by atoms with Gasteiger partial charge in [0.25, 0.3) is 0 Å². The molecule has 0 fully saturated rings. The first-order valence-electron chi connectivity index (χ1n) is 4.10. The van der Waals surface area contributed by atoms with Crippen LogP contribution in [0.15, 0.2) is 24.3 Å². The quantitative estimate of drug-likeness (QED) is 0.733. The molecule has 0 radical (unpaired) electrons. The van der Waals surface area contributed by atoms with E-state index in [4.69, 9.17) is 22.1 Å². The van der Waals surface area contributed by atoms with Crippen molar-refractivity contribution in [2.24, 2.45) is 0 Å². The van der Waals surface area contributed by atoms with Crippen molar-refractivity contribution >= 4 is 28.2 Å². The minimum Gasteiger partial charge on any atom is -0.497 e. The van der Waals surface area contributed by atoms with Crippen LogP contribution < -0.4 is 10.5 Å². The number of nitrogens with zero attached hydrogens (tertiary/aromatic N) is 1. The minimum atomic E-state index is 0.403. The van der Waals surface area contributed by atoms with Gasteiger partial charge in [-0.15, -0.1) is 0 Å². The van der Waals surface area contributed by atoms with Crippen molar-refractivity contribution in [2.45, 2.75) is 0 Å². The van der Waals surface area contributed by atoms with E-state index in [2.05, 4.69) is 4.98 Å². The third-order valence-corrected chi connectivity index (χ3v) is 2.21. The van der Waals surface area contributed by atoms with Crippen LogP contribution in [0.4, 0.5) is 5.69 Å². The third kappa shape index (κ3) is 1.46. The summed E-state index contributed by atoms with van der Waals surface area (Å²) in [6, 6.07) is 7.12. The Morgan fingerprint density at radius 3 is 2.86 bits per heavy atom. The Morgan fingerprint density at radius 2 is 2.14 bits per heavy atom. The summed E-state index contributed by atoms with van der Waals surface area (Å²) in [7, 11) is 1.61. The molecule has 0 unspecified atom stereocenters. The average molecular weight is 209 g/mol. The van der Waals surface area contributed by atoms with Crippen molar-refractivity contribution in [2.75, 3.05) is 12.8 Å². The maximum absolute atomic E-state index is 5.80. The maximum Gasteiger partial charge on any atom is 0.131 e. The van der Waals surface area contributed by atoms with E-state index in [9.17, 15) is 0 Å². The summed E-state index contributed by atoms with van der Waals surface area (Å²) < 4.78 is 5.09. The highest BCUT2D eigenvalue weighted by atomic mass is 35.5. The van der Waals surface area contributed by atoms with E-state index in [0.717, 1.165) is 16.7 Å². The van der Waals surface area contributed by atoms with Gasteiger partial charge in [0.1, 0.15) is 10.9 Å². The van der Waals surface area contributed by atoms with Gasteiger partial charge in [-0.3, -0.25) is 0 Å². The predicted octanol–water partition coefficient (Wildman–Crippen LogP) is 2.48. The second-order valence-corrected chi connectivity index (χ2v) is 3.30. The van der Waals surface area contributed by atoms with Crippen molar-refractivity contribution < 1.29 is 4.74 Å². The molecule has 2 aromatic rings. The van der Waals surface area contributed by atoms with Gasteiger partial charge >= 0.3 is 0 Å². The number of rotatable bonds is 1. The third-order valence-electron chi connectivity index (χ3n) is 2.02. The fourth-order valence-electron chi connectivity index (χ4n) is 1.32. The standard InChI is InChI=1S/C10H9ClN2O/c1-14-6-2-3-9-7(4-6)8(12)5-10(11)13-9/h2-5H,1H3,(H2,12,13). The van der Waals surface area contributed by atoms with E-state index < -0.39 is 0 Å². The van der Waals surface area contributed by atoms with E-state index in [0.29, 0.717) is 10.8 Å². The van der Waals surface area contributed by atoms with Gasteiger partial charge < -0.3 is 10.5 Å². The molecule has 0 bridgehead atoms. The van der Waals surface area contributed by atoms with Crippen LogP contribution in [0.5, 0.6) is 5.75 Å². The highest BCUT2D eigenvalue weighted by molar-refractivity contribution is 6.30. The summed E-state index contributed by atoms with van der Waals surface area (Å²) in [4.78, 5) is 4.14. The first kappa shape index (κ1) is 9.09. The van der Waals surface area contributed by atoms with Crippen molar-refractivity contribution in [3.8, 4) is 5.75 Å². The highest BCUT2D eigenvalue weighted by Crippen LogP contribution is 2.26. The first-order chi connectivity index (χ1) is 6.70. The Kier molecular flexibility index (Phi) is 2.17. The van der Waals surface area contributed by atoms with Crippen LogP contribution in [0.2, 0.25) is 5.15 Å². The lowest BCUT2D eigenvalue weighted by Gasteiger charge is -2.04. The summed E-state index contributed by atoms with van der Waals surface area (Å²) in [5.74, 6) is 0.758. The molecule has 1 aromatic heterocycles. The molecule has 4 heteroatoms. The number of halogens is 1. The molecule has 0 aliphatic rings. The molecule has 14 heavy (non-hydrogen) atoms. The van der Waals surface area contributed by atoms with Gasteiger partial charge in [0.2, 0.25) is 0 Å². The molecule has 0 aliphatic heterocycles. The molecule has 2 N–H and O–H groups in total. The number of benzene rings is 1. The molecule has 0 amide bonds. The number of aromatic nitrogens is 1. The van der Waals surface area contributed by atoms with E-state index in [1.807, 2.05) is 18.2 Å². The van der Waals surface area contributed by atoms with Gasteiger partial charge in [0.05, 0.1) is 12.6 Å². The summed E-state index contributed by atoms with van der Waals surface area (Å²) >= 11 is 5.78. The van der Waals surface area contributed by atoms with Crippen LogP contribution in [0.25, 0.3) is 10.9 Å². The number of hydrogen-bond donors (Lipinski definition) is 1. The second kappa shape index (κ2) is 3.35. The summed E-state index contributed by atoms with van der Waals surface area (Å²) in [5.41, 5.74) is 7.18. The number of ether oxygens (including phenoxy) is 1. The Labute approximate surface area is 86.5 Å². The minimum absolute atomic E-state index is 0.403. The molecule has 0 atom stereocenters. The number of nitrogen functional groups attached to an aromatic ring is 1. The van der Waals surface area contributed by atoms with Gasteiger partial charge in [0, 0.05) is 11.1 Å². The highest BCUT2D eigenvalue weighted by Gasteiger charge is 2.03. The molecule has 0 saturated carbocycles. The molecule has 72 valence electrons. The van der Waals surface area contributed by atoms with Crippen LogP contribution in [-0.4, -0.2) is 12.1 Å².